The fourth-order valence-electron chi connectivity index (χ4n) is 2.71. The quantitative estimate of drug-likeness (QED) is 0.543. The largest absolute Gasteiger partial charge is 0.464 e. The molecule has 4 heteroatoms. The molecule has 1 aliphatic rings. The molecule has 3 atom stereocenters. The van der Waals surface area contributed by atoms with Gasteiger partial charge < -0.3 is 9.84 Å². The zero-order valence-corrected chi connectivity index (χ0v) is 12.1. The first kappa shape index (κ1) is 16.2. The van der Waals surface area contributed by atoms with Crippen LogP contribution in [-0.2, 0) is 14.3 Å². The normalized spacial score (nSPS) is 24.5. The number of aliphatic hydroxyl groups is 1. The van der Waals surface area contributed by atoms with Crippen LogP contribution in [0.3, 0.4) is 0 Å². The first-order valence-corrected chi connectivity index (χ1v) is 7.49. The molecule has 0 bridgehead atoms. The number of carbonyl (C=O) groups excluding carboxylic acids is 2. The standard InChI is InChI=1S/C15H26O4/c1-3-5-7-11-8-9-12(16)13(11)14(17)15(18)19-10-6-4-2/h11,13-14,17H,3-10H2,1-2H3. The number of rotatable bonds is 8. The van der Waals surface area contributed by atoms with Crippen molar-refractivity contribution in [1.82, 2.24) is 0 Å². The number of hydrogen-bond acceptors (Lipinski definition) is 4. The number of esters is 1. The fraction of sp³-hybridized carbons (Fsp3) is 0.867. The molecule has 1 fully saturated rings. The number of ether oxygens (including phenoxy) is 1. The maximum Gasteiger partial charge on any atom is 0.335 e. The van der Waals surface area contributed by atoms with Gasteiger partial charge in [-0.05, 0) is 25.2 Å². The molecule has 3 unspecified atom stereocenters. The Kier molecular flexibility index (Phi) is 7.06. The lowest BCUT2D eigenvalue weighted by atomic mass is 9.86. The maximum atomic E-state index is 11.9. The Bertz CT molecular complexity index is 301. The molecule has 0 amide bonds. The molecule has 0 aromatic heterocycles. The van der Waals surface area contributed by atoms with Gasteiger partial charge in [0.2, 0.25) is 0 Å². The summed E-state index contributed by atoms with van der Waals surface area (Å²) in [6.07, 6.45) is 4.74. The van der Waals surface area contributed by atoms with Crippen LogP contribution >= 0.6 is 0 Å². The molecule has 0 radical (unpaired) electrons. The lowest BCUT2D eigenvalue weighted by molar-refractivity contribution is -0.159. The molecule has 1 rings (SSSR count). The van der Waals surface area contributed by atoms with Gasteiger partial charge in [-0.25, -0.2) is 4.79 Å². The molecule has 0 spiro atoms. The molecule has 0 heterocycles. The molecule has 1 aliphatic carbocycles. The van der Waals surface area contributed by atoms with E-state index in [2.05, 4.69) is 6.92 Å². The van der Waals surface area contributed by atoms with E-state index in [4.69, 9.17) is 4.74 Å². The Hall–Kier alpha value is -0.900. The van der Waals surface area contributed by atoms with E-state index in [0.29, 0.717) is 13.0 Å². The van der Waals surface area contributed by atoms with Gasteiger partial charge in [-0.2, -0.15) is 0 Å². The van der Waals surface area contributed by atoms with Gasteiger partial charge in [0.05, 0.1) is 12.5 Å². The van der Waals surface area contributed by atoms with Crippen LogP contribution in [0.2, 0.25) is 0 Å². The van der Waals surface area contributed by atoms with Crippen LogP contribution in [0.4, 0.5) is 0 Å². The van der Waals surface area contributed by atoms with Gasteiger partial charge in [-0.3, -0.25) is 4.79 Å². The van der Waals surface area contributed by atoms with Crippen LogP contribution < -0.4 is 0 Å². The highest BCUT2D eigenvalue weighted by atomic mass is 16.5. The molecule has 0 aliphatic heterocycles. The molecular weight excluding hydrogens is 244 g/mol. The average Bonchev–Trinajstić information content (AvgIpc) is 2.76. The summed E-state index contributed by atoms with van der Waals surface area (Å²) in [7, 11) is 0. The summed E-state index contributed by atoms with van der Waals surface area (Å²) in [5.74, 6) is -1.02. The predicted octanol–water partition coefficient (Wildman–Crippen LogP) is 2.48. The Morgan fingerprint density at radius 3 is 2.68 bits per heavy atom. The smallest absolute Gasteiger partial charge is 0.335 e. The highest BCUT2D eigenvalue weighted by Gasteiger charge is 2.42. The first-order chi connectivity index (χ1) is 9.11. The van der Waals surface area contributed by atoms with E-state index in [-0.39, 0.29) is 11.7 Å². The second kappa shape index (κ2) is 8.31. The van der Waals surface area contributed by atoms with E-state index in [9.17, 15) is 14.7 Å². The lowest BCUT2D eigenvalue weighted by Crippen LogP contribution is -2.37. The third kappa shape index (κ3) is 4.60. The zero-order chi connectivity index (χ0) is 14.3. The summed E-state index contributed by atoms with van der Waals surface area (Å²) >= 11 is 0. The number of aliphatic hydroxyl groups excluding tert-OH is 1. The molecule has 0 aromatic rings. The van der Waals surface area contributed by atoms with Crippen LogP contribution in [0.15, 0.2) is 0 Å². The minimum atomic E-state index is -1.27. The average molecular weight is 270 g/mol. The molecular formula is C15H26O4. The Morgan fingerprint density at radius 1 is 1.37 bits per heavy atom. The minimum Gasteiger partial charge on any atom is -0.464 e. The first-order valence-electron chi connectivity index (χ1n) is 7.49. The van der Waals surface area contributed by atoms with Gasteiger partial charge in [0.15, 0.2) is 6.10 Å². The second-order valence-electron chi connectivity index (χ2n) is 5.40. The molecule has 4 nitrogen and oxygen atoms in total. The number of unbranched alkanes of at least 4 members (excludes halogenated alkanes) is 2. The second-order valence-corrected chi connectivity index (χ2v) is 5.40. The van der Waals surface area contributed by atoms with Gasteiger partial charge in [-0.15, -0.1) is 0 Å². The highest BCUT2D eigenvalue weighted by Crippen LogP contribution is 2.35. The van der Waals surface area contributed by atoms with Gasteiger partial charge in [-0.1, -0.05) is 33.1 Å². The van der Waals surface area contributed by atoms with E-state index >= 15 is 0 Å². The molecule has 0 aromatic carbocycles. The predicted molar refractivity (Wildman–Crippen MR) is 72.6 cm³/mol. The van der Waals surface area contributed by atoms with Gasteiger partial charge in [0, 0.05) is 6.42 Å². The van der Waals surface area contributed by atoms with Crippen molar-refractivity contribution < 1.29 is 19.4 Å². The summed E-state index contributed by atoms with van der Waals surface area (Å²) in [4.78, 5) is 23.6. The third-order valence-corrected chi connectivity index (χ3v) is 3.89. The highest BCUT2D eigenvalue weighted by molar-refractivity contribution is 5.89. The van der Waals surface area contributed by atoms with Crippen LogP contribution in [0.5, 0.6) is 0 Å². The Balaban J connectivity index is 2.53. The third-order valence-electron chi connectivity index (χ3n) is 3.89. The van der Waals surface area contributed by atoms with E-state index < -0.39 is 18.0 Å². The van der Waals surface area contributed by atoms with Crippen molar-refractivity contribution in [2.24, 2.45) is 11.8 Å². The maximum absolute atomic E-state index is 11.9. The monoisotopic (exact) mass is 270 g/mol. The molecule has 1 saturated carbocycles. The van der Waals surface area contributed by atoms with E-state index in [0.717, 1.165) is 38.5 Å². The number of ketones is 1. The SMILES string of the molecule is CCCCOC(=O)C(O)C1C(=O)CCC1CCCC. The van der Waals surface area contributed by atoms with Crippen molar-refractivity contribution in [1.29, 1.82) is 0 Å². The summed E-state index contributed by atoms with van der Waals surface area (Å²) in [5, 5.41) is 10.1. The number of hydrogen-bond donors (Lipinski definition) is 1. The summed E-state index contributed by atoms with van der Waals surface area (Å²) < 4.78 is 5.02. The number of Topliss-reactive ketones (excluding diaryl/α,β-unsaturated/α-hetero) is 1. The molecule has 19 heavy (non-hydrogen) atoms. The van der Waals surface area contributed by atoms with Crippen molar-refractivity contribution >= 4 is 11.8 Å². The van der Waals surface area contributed by atoms with E-state index in [1.54, 1.807) is 0 Å². The van der Waals surface area contributed by atoms with E-state index in [1.807, 2.05) is 6.92 Å². The van der Waals surface area contributed by atoms with Crippen LogP contribution in [0.1, 0.15) is 58.8 Å². The van der Waals surface area contributed by atoms with Crippen molar-refractivity contribution in [3.8, 4) is 0 Å². The van der Waals surface area contributed by atoms with Gasteiger partial charge in [0.1, 0.15) is 5.78 Å². The Labute approximate surface area is 115 Å². The van der Waals surface area contributed by atoms with Crippen LogP contribution in [0.25, 0.3) is 0 Å². The van der Waals surface area contributed by atoms with Gasteiger partial charge >= 0.3 is 5.97 Å². The Morgan fingerprint density at radius 2 is 2.05 bits per heavy atom. The summed E-state index contributed by atoms with van der Waals surface area (Å²) in [6.45, 7) is 4.43. The van der Waals surface area contributed by atoms with Gasteiger partial charge in [0.25, 0.3) is 0 Å². The van der Waals surface area contributed by atoms with Crippen molar-refractivity contribution in [3.63, 3.8) is 0 Å². The summed E-state index contributed by atoms with van der Waals surface area (Å²) in [5.41, 5.74) is 0. The fourth-order valence-corrected chi connectivity index (χ4v) is 2.71. The van der Waals surface area contributed by atoms with E-state index in [1.165, 1.54) is 0 Å². The molecule has 110 valence electrons. The van der Waals surface area contributed by atoms with Crippen LogP contribution in [0, 0.1) is 11.8 Å². The number of carbonyl (C=O) groups is 2. The van der Waals surface area contributed by atoms with Crippen LogP contribution in [-0.4, -0.2) is 29.6 Å². The summed E-state index contributed by atoms with van der Waals surface area (Å²) in [6, 6.07) is 0. The topological polar surface area (TPSA) is 63.6 Å². The minimum absolute atomic E-state index is 0.0149. The lowest BCUT2D eigenvalue weighted by Gasteiger charge is -2.22. The zero-order valence-electron chi connectivity index (χ0n) is 12.1. The van der Waals surface area contributed by atoms with Crippen molar-refractivity contribution in [2.45, 2.75) is 64.9 Å². The molecule has 0 saturated heterocycles. The van der Waals surface area contributed by atoms with Crippen molar-refractivity contribution in [2.75, 3.05) is 6.61 Å². The molecule has 1 N–H and O–H groups in total. The van der Waals surface area contributed by atoms with Crippen molar-refractivity contribution in [3.05, 3.63) is 0 Å².